The molecule has 0 unspecified atom stereocenters. The normalized spacial score (nSPS) is 36.3. The Morgan fingerprint density at radius 3 is 2.30 bits per heavy atom. The third-order valence-electron chi connectivity index (χ3n) is 8.22. The Hall–Kier alpha value is -1.88. The number of likely N-dealkylation sites (tertiary alicyclic amines) is 1. The van der Waals surface area contributed by atoms with Crippen LogP contribution < -0.4 is 10.6 Å². The standard InChI is InChI=1S/C25H35N3O2/c1-17(23(29)27-25-13-18-10-19(14-25)12-20(11-18)15-25)28-9-5-6-21(16-28)24(30)26-22-7-3-2-4-8-22/h2-4,7-8,17-21H,5-6,9-16H2,1H3,(H,26,30)(H,27,29)/t17-,18?,19?,20?,21-,25?/m1/s1. The predicted molar refractivity (Wildman–Crippen MR) is 118 cm³/mol. The number of piperidine rings is 1. The van der Waals surface area contributed by atoms with Crippen LogP contribution in [0.1, 0.15) is 58.3 Å². The average molecular weight is 410 g/mol. The van der Waals surface area contributed by atoms with Crippen LogP contribution in [0.3, 0.4) is 0 Å². The molecular weight excluding hydrogens is 374 g/mol. The van der Waals surface area contributed by atoms with Crippen molar-refractivity contribution in [2.45, 2.75) is 69.9 Å². The number of para-hydroxylation sites is 1. The van der Waals surface area contributed by atoms with E-state index in [9.17, 15) is 9.59 Å². The summed E-state index contributed by atoms with van der Waals surface area (Å²) in [6, 6.07) is 9.46. The van der Waals surface area contributed by atoms with Gasteiger partial charge in [-0.2, -0.15) is 0 Å². The van der Waals surface area contributed by atoms with E-state index in [2.05, 4.69) is 15.5 Å². The van der Waals surface area contributed by atoms with Crippen molar-refractivity contribution in [2.24, 2.45) is 23.7 Å². The van der Waals surface area contributed by atoms with Gasteiger partial charge in [-0.25, -0.2) is 0 Å². The number of carbonyl (C=O) groups is 2. The molecule has 5 fully saturated rings. The minimum atomic E-state index is -0.176. The lowest BCUT2D eigenvalue weighted by atomic mass is 9.53. The van der Waals surface area contributed by atoms with E-state index < -0.39 is 0 Å². The Kier molecular flexibility index (Phi) is 5.34. The van der Waals surface area contributed by atoms with Crippen LogP contribution in [0.5, 0.6) is 0 Å². The summed E-state index contributed by atoms with van der Waals surface area (Å²) < 4.78 is 0. The van der Waals surface area contributed by atoms with Gasteiger partial charge >= 0.3 is 0 Å². The van der Waals surface area contributed by atoms with Crippen LogP contribution in [0, 0.1) is 23.7 Å². The maximum absolute atomic E-state index is 13.2. The summed E-state index contributed by atoms with van der Waals surface area (Å²) in [4.78, 5) is 28.2. The van der Waals surface area contributed by atoms with Gasteiger partial charge in [-0.15, -0.1) is 0 Å². The summed E-state index contributed by atoms with van der Waals surface area (Å²) in [6.07, 6.45) is 9.54. The zero-order chi connectivity index (χ0) is 20.7. The molecular formula is C25H35N3O2. The van der Waals surface area contributed by atoms with Crippen molar-refractivity contribution < 1.29 is 9.59 Å². The monoisotopic (exact) mass is 409 g/mol. The largest absolute Gasteiger partial charge is 0.349 e. The lowest BCUT2D eigenvalue weighted by Gasteiger charge is -2.57. The van der Waals surface area contributed by atoms with Gasteiger partial charge < -0.3 is 10.6 Å². The number of nitrogens with zero attached hydrogens (tertiary/aromatic N) is 1. The van der Waals surface area contributed by atoms with Crippen molar-refractivity contribution >= 4 is 17.5 Å². The third-order valence-corrected chi connectivity index (χ3v) is 8.22. The lowest BCUT2D eigenvalue weighted by Crippen LogP contribution is -2.62. The zero-order valence-corrected chi connectivity index (χ0v) is 18.1. The highest BCUT2D eigenvalue weighted by Crippen LogP contribution is 2.55. The number of carbonyl (C=O) groups excluding carboxylic acids is 2. The molecule has 4 saturated carbocycles. The van der Waals surface area contributed by atoms with E-state index in [1.165, 1.54) is 38.5 Å². The van der Waals surface area contributed by atoms with E-state index in [1.807, 2.05) is 37.3 Å². The highest BCUT2D eigenvalue weighted by Gasteiger charge is 2.52. The molecule has 1 aliphatic heterocycles. The smallest absolute Gasteiger partial charge is 0.237 e. The van der Waals surface area contributed by atoms with Gasteiger partial charge in [0.05, 0.1) is 12.0 Å². The number of rotatable bonds is 5. The molecule has 5 nitrogen and oxygen atoms in total. The third kappa shape index (κ3) is 4.01. The Labute approximate surface area is 180 Å². The van der Waals surface area contributed by atoms with Gasteiger partial charge in [0.2, 0.25) is 11.8 Å². The van der Waals surface area contributed by atoms with Crippen LogP contribution >= 0.6 is 0 Å². The minimum Gasteiger partial charge on any atom is -0.349 e. The molecule has 162 valence electrons. The molecule has 2 N–H and O–H groups in total. The van der Waals surface area contributed by atoms with E-state index in [0.29, 0.717) is 6.54 Å². The molecule has 0 aromatic heterocycles. The Balaban J connectivity index is 1.19. The SMILES string of the molecule is C[C@H](C(=O)NC12CC3CC(CC(C3)C1)C2)N1CCC[C@@H](C(=O)Nc2ccccc2)C1. The second kappa shape index (κ2) is 7.99. The molecule has 4 bridgehead atoms. The molecule has 30 heavy (non-hydrogen) atoms. The van der Waals surface area contributed by atoms with Crippen molar-refractivity contribution in [3.8, 4) is 0 Å². The predicted octanol–water partition coefficient (Wildman–Crippen LogP) is 3.81. The van der Waals surface area contributed by atoms with Crippen LogP contribution in [0.25, 0.3) is 0 Å². The van der Waals surface area contributed by atoms with Gasteiger partial charge in [-0.05, 0) is 94.7 Å². The molecule has 2 atom stereocenters. The van der Waals surface area contributed by atoms with Gasteiger partial charge in [0, 0.05) is 17.8 Å². The van der Waals surface area contributed by atoms with Crippen molar-refractivity contribution in [1.82, 2.24) is 10.2 Å². The van der Waals surface area contributed by atoms with Crippen molar-refractivity contribution in [3.63, 3.8) is 0 Å². The number of benzene rings is 1. The fourth-order valence-electron chi connectivity index (χ4n) is 7.13. The molecule has 1 heterocycles. The van der Waals surface area contributed by atoms with Crippen LogP contribution in [-0.4, -0.2) is 41.4 Å². The fourth-order valence-corrected chi connectivity index (χ4v) is 7.13. The second-order valence-electron chi connectivity index (χ2n) is 10.6. The molecule has 0 spiro atoms. The molecule has 4 aliphatic carbocycles. The average Bonchev–Trinajstić information content (AvgIpc) is 2.72. The van der Waals surface area contributed by atoms with Crippen LogP contribution in [0.2, 0.25) is 0 Å². The van der Waals surface area contributed by atoms with Crippen LogP contribution in [-0.2, 0) is 9.59 Å². The first-order valence-electron chi connectivity index (χ1n) is 11.9. The van der Waals surface area contributed by atoms with E-state index in [-0.39, 0.29) is 29.3 Å². The van der Waals surface area contributed by atoms with Gasteiger partial charge in [0.1, 0.15) is 0 Å². The van der Waals surface area contributed by atoms with Crippen LogP contribution in [0.4, 0.5) is 5.69 Å². The first-order chi connectivity index (χ1) is 14.5. The van der Waals surface area contributed by atoms with E-state index >= 15 is 0 Å². The van der Waals surface area contributed by atoms with Gasteiger partial charge in [0.25, 0.3) is 0 Å². The van der Waals surface area contributed by atoms with Crippen molar-refractivity contribution in [1.29, 1.82) is 0 Å². The topological polar surface area (TPSA) is 61.4 Å². The summed E-state index contributed by atoms with van der Waals surface area (Å²) in [6.45, 7) is 3.58. The van der Waals surface area contributed by atoms with Crippen molar-refractivity contribution in [2.75, 3.05) is 18.4 Å². The molecule has 2 amide bonds. The maximum Gasteiger partial charge on any atom is 0.237 e. The van der Waals surface area contributed by atoms with E-state index in [1.54, 1.807) is 0 Å². The van der Waals surface area contributed by atoms with Gasteiger partial charge in [-0.3, -0.25) is 14.5 Å². The number of amides is 2. The number of anilines is 1. The Bertz CT molecular complexity index is 758. The Morgan fingerprint density at radius 2 is 1.67 bits per heavy atom. The summed E-state index contributed by atoms with van der Waals surface area (Å²) >= 11 is 0. The van der Waals surface area contributed by atoms with Crippen LogP contribution in [0.15, 0.2) is 30.3 Å². The summed E-state index contributed by atoms with van der Waals surface area (Å²) in [5.41, 5.74) is 0.896. The molecule has 0 radical (unpaired) electrons. The molecule has 5 aliphatic rings. The highest BCUT2D eigenvalue weighted by atomic mass is 16.2. The fraction of sp³-hybridized carbons (Fsp3) is 0.680. The minimum absolute atomic E-state index is 0.0555. The number of nitrogens with one attached hydrogen (secondary N) is 2. The molecule has 1 aromatic rings. The summed E-state index contributed by atoms with van der Waals surface area (Å²) in [7, 11) is 0. The lowest BCUT2D eigenvalue weighted by molar-refractivity contribution is -0.133. The quantitative estimate of drug-likeness (QED) is 0.777. The first kappa shape index (κ1) is 20.0. The first-order valence-corrected chi connectivity index (χ1v) is 11.9. The number of hydrogen-bond donors (Lipinski definition) is 2. The zero-order valence-electron chi connectivity index (χ0n) is 18.1. The second-order valence-corrected chi connectivity index (χ2v) is 10.6. The summed E-state index contributed by atoms with van der Waals surface area (Å²) in [5.74, 6) is 2.66. The molecule has 1 saturated heterocycles. The van der Waals surface area contributed by atoms with E-state index in [4.69, 9.17) is 0 Å². The molecule has 6 rings (SSSR count). The molecule has 5 heteroatoms. The van der Waals surface area contributed by atoms with Gasteiger partial charge in [0.15, 0.2) is 0 Å². The van der Waals surface area contributed by atoms with Crippen molar-refractivity contribution in [3.05, 3.63) is 30.3 Å². The summed E-state index contributed by atoms with van der Waals surface area (Å²) in [5, 5.41) is 6.56. The maximum atomic E-state index is 13.2. The van der Waals surface area contributed by atoms with E-state index in [0.717, 1.165) is 42.8 Å². The Morgan fingerprint density at radius 1 is 1.03 bits per heavy atom. The van der Waals surface area contributed by atoms with Gasteiger partial charge in [-0.1, -0.05) is 18.2 Å². The highest BCUT2D eigenvalue weighted by molar-refractivity contribution is 5.92. The number of hydrogen-bond acceptors (Lipinski definition) is 3. The molecule has 1 aromatic carbocycles.